The van der Waals surface area contributed by atoms with E-state index in [1.807, 2.05) is 48.5 Å². The van der Waals surface area contributed by atoms with Crippen molar-refractivity contribution in [1.82, 2.24) is 4.98 Å². The second-order valence-corrected chi connectivity index (χ2v) is 6.94. The number of para-hydroxylation sites is 1. The van der Waals surface area contributed by atoms with Gasteiger partial charge in [0.1, 0.15) is 5.56 Å². The van der Waals surface area contributed by atoms with Gasteiger partial charge < -0.3 is 14.8 Å². The zero-order chi connectivity index (χ0) is 20.5. The first-order valence-corrected chi connectivity index (χ1v) is 9.85. The molecule has 0 bridgehead atoms. The topological polar surface area (TPSA) is 77.5 Å². The first-order chi connectivity index (χ1) is 14.2. The van der Waals surface area contributed by atoms with Crippen LogP contribution in [-0.4, -0.2) is 30.1 Å². The van der Waals surface area contributed by atoms with Crippen LogP contribution in [0.4, 0.5) is 5.69 Å². The third-order valence-corrected chi connectivity index (χ3v) is 4.82. The lowest BCUT2D eigenvalue weighted by atomic mass is 10.3. The van der Waals surface area contributed by atoms with Gasteiger partial charge in [0.05, 0.1) is 12.3 Å². The van der Waals surface area contributed by atoms with E-state index in [0.717, 1.165) is 9.79 Å². The maximum atomic E-state index is 12.3. The summed E-state index contributed by atoms with van der Waals surface area (Å²) >= 11 is 1.54. The van der Waals surface area contributed by atoms with Gasteiger partial charge in [-0.15, -0.1) is 0 Å². The Morgan fingerprint density at radius 3 is 2.55 bits per heavy atom. The van der Waals surface area contributed by atoms with Crippen molar-refractivity contribution in [2.45, 2.75) is 16.7 Å². The number of hydrogen-bond donors (Lipinski definition) is 1. The Kier molecular flexibility index (Phi) is 7.24. The highest BCUT2D eigenvalue weighted by atomic mass is 32.2. The highest BCUT2D eigenvalue weighted by molar-refractivity contribution is 7.99. The molecule has 6 nitrogen and oxygen atoms in total. The Morgan fingerprint density at radius 1 is 1.00 bits per heavy atom. The van der Waals surface area contributed by atoms with Gasteiger partial charge in [0.25, 0.3) is 5.91 Å². The zero-order valence-corrected chi connectivity index (χ0v) is 16.6. The Morgan fingerprint density at radius 2 is 1.76 bits per heavy atom. The molecule has 0 fully saturated rings. The first kappa shape index (κ1) is 20.4. The molecule has 0 unspecified atom stereocenters. The molecule has 0 aliphatic carbocycles. The number of benzene rings is 2. The Hall–Kier alpha value is -3.32. The van der Waals surface area contributed by atoms with Crippen molar-refractivity contribution in [2.24, 2.45) is 0 Å². The van der Waals surface area contributed by atoms with Crippen molar-refractivity contribution in [2.75, 3.05) is 18.5 Å². The molecule has 0 aliphatic rings. The summed E-state index contributed by atoms with van der Waals surface area (Å²) in [5.41, 5.74) is 0.834. The minimum absolute atomic E-state index is 0.183. The predicted octanol–water partition coefficient (Wildman–Crippen LogP) is 4.43. The van der Waals surface area contributed by atoms with Crippen LogP contribution in [0.15, 0.2) is 82.7 Å². The van der Waals surface area contributed by atoms with Crippen molar-refractivity contribution in [3.05, 3.63) is 78.5 Å². The molecule has 7 heteroatoms. The molecule has 1 aromatic heterocycles. The Balaban J connectivity index is 1.61. The van der Waals surface area contributed by atoms with Gasteiger partial charge in [0.2, 0.25) is 5.88 Å². The minimum Gasteiger partial charge on any atom is -0.477 e. The Bertz CT molecular complexity index is 979. The van der Waals surface area contributed by atoms with Gasteiger partial charge in [-0.3, -0.25) is 4.79 Å². The standard InChI is InChI=1S/C22H20N2O4S/c1-2-27-21-17(11-8-14-23-21)22(26)28-15-20(25)24-18-12-6-7-13-19(18)29-16-9-4-3-5-10-16/h3-14H,2,15H2,1H3,(H,24,25). The van der Waals surface area contributed by atoms with E-state index in [-0.39, 0.29) is 11.4 Å². The molecule has 3 aromatic rings. The van der Waals surface area contributed by atoms with Crippen LogP contribution in [-0.2, 0) is 9.53 Å². The fourth-order valence-corrected chi connectivity index (χ4v) is 3.39. The molecule has 0 aliphatic heterocycles. The van der Waals surface area contributed by atoms with E-state index in [0.29, 0.717) is 12.3 Å². The molecule has 3 rings (SSSR count). The van der Waals surface area contributed by atoms with Gasteiger partial charge in [0, 0.05) is 16.0 Å². The van der Waals surface area contributed by atoms with Crippen molar-refractivity contribution in [1.29, 1.82) is 0 Å². The molecule has 148 valence electrons. The normalized spacial score (nSPS) is 10.2. The van der Waals surface area contributed by atoms with Gasteiger partial charge in [-0.05, 0) is 43.3 Å². The summed E-state index contributed by atoms with van der Waals surface area (Å²) in [4.78, 5) is 30.6. The summed E-state index contributed by atoms with van der Waals surface area (Å²) < 4.78 is 10.4. The van der Waals surface area contributed by atoms with Crippen molar-refractivity contribution in [3.63, 3.8) is 0 Å². The minimum atomic E-state index is -0.663. The molecule has 0 saturated carbocycles. The molecular formula is C22H20N2O4S. The Labute approximate surface area is 173 Å². The fourth-order valence-electron chi connectivity index (χ4n) is 2.47. The number of hydrogen-bond acceptors (Lipinski definition) is 6. The number of anilines is 1. The molecule has 0 spiro atoms. The van der Waals surface area contributed by atoms with E-state index < -0.39 is 18.5 Å². The van der Waals surface area contributed by atoms with E-state index >= 15 is 0 Å². The van der Waals surface area contributed by atoms with E-state index in [1.54, 1.807) is 25.1 Å². The highest BCUT2D eigenvalue weighted by Crippen LogP contribution is 2.33. The van der Waals surface area contributed by atoms with E-state index in [1.165, 1.54) is 18.0 Å². The number of aromatic nitrogens is 1. The molecular weight excluding hydrogens is 388 g/mol. The lowest BCUT2D eigenvalue weighted by Crippen LogP contribution is -2.21. The van der Waals surface area contributed by atoms with Gasteiger partial charge in [-0.2, -0.15) is 0 Å². The van der Waals surface area contributed by atoms with E-state index in [9.17, 15) is 9.59 Å². The summed E-state index contributed by atoms with van der Waals surface area (Å²) in [5, 5.41) is 2.79. The first-order valence-electron chi connectivity index (χ1n) is 9.04. The number of pyridine rings is 1. The molecule has 1 heterocycles. The number of ether oxygens (including phenoxy) is 2. The van der Waals surface area contributed by atoms with Crippen LogP contribution < -0.4 is 10.1 Å². The third-order valence-electron chi connectivity index (χ3n) is 3.74. The lowest BCUT2D eigenvalue weighted by molar-refractivity contribution is -0.119. The average molecular weight is 408 g/mol. The van der Waals surface area contributed by atoms with Gasteiger partial charge in [0.15, 0.2) is 6.61 Å². The van der Waals surface area contributed by atoms with Crippen LogP contribution >= 0.6 is 11.8 Å². The summed E-state index contributed by atoms with van der Waals surface area (Å²) in [6, 6.07) is 20.5. The summed E-state index contributed by atoms with van der Waals surface area (Å²) in [7, 11) is 0. The number of esters is 1. The van der Waals surface area contributed by atoms with Gasteiger partial charge in [-0.1, -0.05) is 42.1 Å². The largest absolute Gasteiger partial charge is 0.477 e. The zero-order valence-electron chi connectivity index (χ0n) is 15.8. The molecule has 29 heavy (non-hydrogen) atoms. The molecule has 1 amide bonds. The quantitative estimate of drug-likeness (QED) is 0.556. The fraction of sp³-hybridized carbons (Fsp3) is 0.136. The average Bonchev–Trinajstić information content (AvgIpc) is 2.75. The maximum absolute atomic E-state index is 12.3. The number of amides is 1. The van der Waals surface area contributed by atoms with Crippen LogP contribution in [0.1, 0.15) is 17.3 Å². The molecule has 1 N–H and O–H groups in total. The van der Waals surface area contributed by atoms with Crippen LogP contribution in [0, 0.1) is 0 Å². The second-order valence-electron chi connectivity index (χ2n) is 5.82. The predicted molar refractivity (Wildman–Crippen MR) is 111 cm³/mol. The molecule has 2 aromatic carbocycles. The van der Waals surface area contributed by atoms with Crippen molar-refractivity contribution >= 4 is 29.3 Å². The van der Waals surface area contributed by atoms with E-state index in [2.05, 4.69) is 10.3 Å². The molecule has 0 radical (unpaired) electrons. The van der Waals surface area contributed by atoms with Gasteiger partial charge in [-0.25, -0.2) is 9.78 Å². The lowest BCUT2D eigenvalue weighted by Gasteiger charge is -2.12. The third kappa shape index (κ3) is 5.83. The van der Waals surface area contributed by atoms with Crippen LogP contribution in [0.25, 0.3) is 0 Å². The van der Waals surface area contributed by atoms with Crippen LogP contribution in [0.5, 0.6) is 5.88 Å². The van der Waals surface area contributed by atoms with E-state index in [4.69, 9.17) is 9.47 Å². The van der Waals surface area contributed by atoms with Crippen molar-refractivity contribution < 1.29 is 19.1 Å². The summed E-state index contributed by atoms with van der Waals surface area (Å²) in [5.74, 6) is -0.907. The van der Waals surface area contributed by atoms with Crippen molar-refractivity contribution in [3.8, 4) is 5.88 Å². The number of carbonyl (C=O) groups excluding carboxylic acids is 2. The maximum Gasteiger partial charge on any atom is 0.344 e. The number of nitrogens with one attached hydrogen (secondary N) is 1. The number of rotatable bonds is 8. The summed E-state index contributed by atoms with van der Waals surface area (Å²) in [6.45, 7) is 1.75. The highest BCUT2D eigenvalue weighted by Gasteiger charge is 2.17. The summed E-state index contributed by atoms with van der Waals surface area (Å²) in [6.07, 6.45) is 1.52. The molecule has 0 atom stereocenters. The van der Waals surface area contributed by atoms with Crippen LogP contribution in [0.2, 0.25) is 0 Å². The molecule has 0 saturated heterocycles. The SMILES string of the molecule is CCOc1ncccc1C(=O)OCC(=O)Nc1ccccc1Sc1ccccc1. The monoisotopic (exact) mass is 408 g/mol. The number of carbonyl (C=O) groups is 2. The second kappa shape index (κ2) is 10.3. The smallest absolute Gasteiger partial charge is 0.344 e. The van der Waals surface area contributed by atoms with Gasteiger partial charge >= 0.3 is 5.97 Å². The number of nitrogens with zero attached hydrogens (tertiary/aromatic N) is 1. The van der Waals surface area contributed by atoms with Crippen LogP contribution in [0.3, 0.4) is 0 Å².